The third-order valence-electron chi connectivity index (χ3n) is 2.80. The van der Waals surface area contributed by atoms with Crippen LogP contribution in [0.25, 0.3) is 0 Å². The zero-order valence-electron chi connectivity index (χ0n) is 10.3. The van der Waals surface area contributed by atoms with E-state index in [1.807, 2.05) is 6.92 Å². The molecule has 0 saturated carbocycles. The van der Waals surface area contributed by atoms with Crippen LogP contribution in [-0.2, 0) is 0 Å². The zero-order valence-corrected chi connectivity index (χ0v) is 10.3. The number of aromatic carboxylic acids is 1. The predicted molar refractivity (Wildman–Crippen MR) is 64.4 cm³/mol. The average molecular weight is 252 g/mol. The van der Waals surface area contributed by atoms with Crippen LogP contribution in [0.1, 0.15) is 41.1 Å². The number of aliphatic hydroxyl groups excluding tert-OH is 1. The number of hydrogen-bond donors (Lipinski definition) is 3. The maximum Gasteiger partial charge on any atom is 0.338 e. The molecule has 98 valence electrons. The molecule has 0 radical (unpaired) electrons. The Morgan fingerprint density at radius 3 is 2.67 bits per heavy atom. The third-order valence-corrected chi connectivity index (χ3v) is 2.80. The second-order valence-corrected chi connectivity index (χ2v) is 4.23. The number of pyridine rings is 1. The number of carbonyl (C=O) groups is 2. The van der Waals surface area contributed by atoms with Crippen LogP contribution in [0.5, 0.6) is 0 Å². The van der Waals surface area contributed by atoms with E-state index in [-0.39, 0.29) is 17.9 Å². The largest absolute Gasteiger partial charge is 0.478 e. The molecule has 1 atom stereocenters. The maximum atomic E-state index is 12.0. The molecule has 0 aliphatic heterocycles. The number of aromatic nitrogens is 1. The number of carboxylic acids is 1. The summed E-state index contributed by atoms with van der Waals surface area (Å²) in [4.78, 5) is 26.7. The fraction of sp³-hybridized carbons (Fsp3) is 0.417. The second-order valence-electron chi connectivity index (χ2n) is 4.23. The van der Waals surface area contributed by atoms with E-state index in [1.165, 1.54) is 18.3 Å². The Hall–Kier alpha value is -1.95. The number of carbonyl (C=O) groups excluding carboxylic acids is 1. The molecule has 6 heteroatoms. The molecule has 1 heterocycles. The standard InChI is InChI=1S/C12H16N2O4/c1-3-12(2,7-15)14-10(16)9-8(11(17)18)5-4-6-13-9/h4-6,15H,3,7H2,1-2H3,(H,14,16)(H,17,18). The van der Waals surface area contributed by atoms with Crippen molar-refractivity contribution < 1.29 is 19.8 Å². The number of hydrogen-bond acceptors (Lipinski definition) is 4. The first-order valence-electron chi connectivity index (χ1n) is 5.55. The SMILES string of the molecule is CCC(C)(CO)NC(=O)c1ncccc1C(=O)O. The normalized spacial score (nSPS) is 13.7. The summed E-state index contributed by atoms with van der Waals surface area (Å²) in [5.41, 5.74) is -1.10. The van der Waals surface area contributed by atoms with E-state index in [0.29, 0.717) is 6.42 Å². The number of nitrogens with zero attached hydrogens (tertiary/aromatic N) is 1. The highest BCUT2D eigenvalue weighted by molar-refractivity contribution is 6.03. The molecule has 1 aromatic rings. The van der Waals surface area contributed by atoms with Gasteiger partial charge in [-0.05, 0) is 25.5 Å². The second kappa shape index (κ2) is 5.59. The van der Waals surface area contributed by atoms with Gasteiger partial charge in [0.2, 0.25) is 0 Å². The fourth-order valence-electron chi connectivity index (χ4n) is 1.33. The summed E-state index contributed by atoms with van der Waals surface area (Å²) in [6, 6.07) is 2.76. The lowest BCUT2D eigenvalue weighted by atomic mass is 9.99. The molecule has 1 unspecified atom stereocenters. The minimum atomic E-state index is -1.21. The predicted octanol–water partition coefficient (Wildman–Crippen LogP) is 0.671. The lowest BCUT2D eigenvalue weighted by Crippen LogP contribution is -2.48. The molecule has 6 nitrogen and oxygen atoms in total. The van der Waals surface area contributed by atoms with Crippen molar-refractivity contribution in [3.05, 3.63) is 29.6 Å². The van der Waals surface area contributed by atoms with Gasteiger partial charge in [-0.15, -0.1) is 0 Å². The average Bonchev–Trinajstić information content (AvgIpc) is 2.38. The first kappa shape index (κ1) is 14.1. The van der Waals surface area contributed by atoms with Crippen LogP contribution >= 0.6 is 0 Å². The van der Waals surface area contributed by atoms with Crippen LogP contribution in [0.2, 0.25) is 0 Å². The Morgan fingerprint density at radius 2 is 2.17 bits per heavy atom. The molecular weight excluding hydrogens is 236 g/mol. The summed E-state index contributed by atoms with van der Waals surface area (Å²) in [5, 5.41) is 20.8. The van der Waals surface area contributed by atoms with Crippen molar-refractivity contribution in [1.29, 1.82) is 0 Å². The Kier molecular flexibility index (Phi) is 4.38. The van der Waals surface area contributed by atoms with Crippen molar-refractivity contribution in [1.82, 2.24) is 10.3 Å². The highest BCUT2D eigenvalue weighted by atomic mass is 16.4. The summed E-state index contributed by atoms with van der Waals surface area (Å²) in [6.45, 7) is 3.26. The molecule has 0 saturated heterocycles. The third kappa shape index (κ3) is 3.04. The monoisotopic (exact) mass is 252 g/mol. The van der Waals surface area contributed by atoms with Crippen molar-refractivity contribution in [3.63, 3.8) is 0 Å². The molecule has 0 bridgehead atoms. The molecule has 18 heavy (non-hydrogen) atoms. The lowest BCUT2D eigenvalue weighted by molar-refractivity contribution is 0.0685. The molecule has 0 aliphatic rings. The van der Waals surface area contributed by atoms with E-state index in [1.54, 1.807) is 6.92 Å². The number of aliphatic hydroxyl groups is 1. The number of rotatable bonds is 5. The Morgan fingerprint density at radius 1 is 1.50 bits per heavy atom. The van der Waals surface area contributed by atoms with Crippen LogP contribution in [0.15, 0.2) is 18.3 Å². The van der Waals surface area contributed by atoms with Gasteiger partial charge in [-0.1, -0.05) is 6.92 Å². The highest BCUT2D eigenvalue weighted by Crippen LogP contribution is 2.11. The first-order valence-corrected chi connectivity index (χ1v) is 5.55. The summed E-state index contributed by atoms with van der Waals surface area (Å²) in [6.07, 6.45) is 1.87. The number of amides is 1. The Bertz CT molecular complexity index is 455. The van der Waals surface area contributed by atoms with Gasteiger partial charge in [-0.25, -0.2) is 4.79 Å². The van der Waals surface area contributed by atoms with Crippen molar-refractivity contribution in [3.8, 4) is 0 Å². The zero-order chi connectivity index (χ0) is 13.8. The quantitative estimate of drug-likeness (QED) is 0.715. The van der Waals surface area contributed by atoms with Crippen LogP contribution in [0, 0.1) is 0 Å². The fourth-order valence-corrected chi connectivity index (χ4v) is 1.33. The molecule has 0 fully saturated rings. The van der Waals surface area contributed by atoms with Crippen LogP contribution in [0.3, 0.4) is 0 Å². The molecule has 0 aliphatic carbocycles. The van der Waals surface area contributed by atoms with Gasteiger partial charge in [0.25, 0.3) is 5.91 Å². The number of nitrogens with one attached hydrogen (secondary N) is 1. The molecule has 3 N–H and O–H groups in total. The minimum Gasteiger partial charge on any atom is -0.478 e. The van der Waals surface area contributed by atoms with E-state index in [2.05, 4.69) is 10.3 Å². The van der Waals surface area contributed by atoms with Gasteiger partial charge < -0.3 is 15.5 Å². The van der Waals surface area contributed by atoms with Gasteiger partial charge in [0.1, 0.15) is 5.69 Å². The van der Waals surface area contributed by atoms with E-state index in [4.69, 9.17) is 5.11 Å². The minimum absolute atomic E-state index is 0.155. The van der Waals surface area contributed by atoms with Crippen molar-refractivity contribution in [2.75, 3.05) is 6.61 Å². The lowest BCUT2D eigenvalue weighted by Gasteiger charge is -2.27. The highest BCUT2D eigenvalue weighted by Gasteiger charge is 2.26. The van der Waals surface area contributed by atoms with Gasteiger partial charge in [0.15, 0.2) is 0 Å². The summed E-state index contributed by atoms with van der Waals surface area (Å²) in [5.74, 6) is -1.82. The summed E-state index contributed by atoms with van der Waals surface area (Å²) >= 11 is 0. The number of carboxylic acid groups (broad SMARTS) is 1. The van der Waals surface area contributed by atoms with Gasteiger partial charge >= 0.3 is 5.97 Å². The van der Waals surface area contributed by atoms with Crippen LogP contribution in [0.4, 0.5) is 0 Å². The van der Waals surface area contributed by atoms with Gasteiger partial charge in [-0.2, -0.15) is 0 Å². The van der Waals surface area contributed by atoms with Crippen LogP contribution in [-0.4, -0.2) is 39.2 Å². The maximum absolute atomic E-state index is 12.0. The van der Waals surface area contributed by atoms with Crippen molar-refractivity contribution >= 4 is 11.9 Å². The smallest absolute Gasteiger partial charge is 0.338 e. The van der Waals surface area contributed by atoms with Gasteiger partial charge in [-0.3, -0.25) is 9.78 Å². The topological polar surface area (TPSA) is 99.5 Å². The Balaban J connectivity index is 3.01. The van der Waals surface area contributed by atoms with Crippen molar-refractivity contribution in [2.45, 2.75) is 25.8 Å². The van der Waals surface area contributed by atoms with Gasteiger partial charge in [0.05, 0.1) is 17.7 Å². The molecule has 1 rings (SSSR count). The first-order chi connectivity index (χ1) is 8.43. The molecule has 1 aromatic heterocycles. The molecule has 0 spiro atoms. The molecule has 0 aromatic carbocycles. The molecule has 1 amide bonds. The summed E-state index contributed by atoms with van der Waals surface area (Å²) in [7, 11) is 0. The van der Waals surface area contributed by atoms with Crippen LogP contribution < -0.4 is 5.32 Å². The summed E-state index contributed by atoms with van der Waals surface area (Å²) < 4.78 is 0. The van der Waals surface area contributed by atoms with E-state index < -0.39 is 17.4 Å². The van der Waals surface area contributed by atoms with Crippen molar-refractivity contribution in [2.24, 2.45) is 0 Å². The molecular formula is C12H16N2O4. The van der Waals surface area contributed by atoms with E-state index >= 15 is 0 Å². The van der Waals surface area contributed by atoms with Gasteiger partial charge in [0, 0.05) is 6.20 Å². The Labute approximate surface area is 105 Å². The van der Waals surface area contributed by atoms with E-state index in [0.717, 1.165) is 0 Å². The van der Waals surface area contributed by atoms with E-state index in [9.17, 15) is 14.7 Å².